The Morgan fingerprint density at radius 2 is 2.30 bits per heavy atom. The zero-order valence-corrected chi connectivity index (χ0v) is 12.9. The molecule has 7 heteroatoms. The van der Waals surface area contributed by atoms with E-state index < -0.39 is 10.0 Å². The smallest absolute Gasteiger partial charge is 0.250 e. The first-order chi connectivity index (χ1) is 9.58. The highest BCUT2D eigenvalue weighted by atomic mass is 32.2. The Hall–Kier alpha value is -1.18. The molecule has 0 unspecified atom stereocenters. The standard InChI is InChI=1S/C13H17N3O2S2/c1-10-9-14-12(16(10)11-4-5-11)6-7-15-20(17,18)13-3-2-8-19-13/h2-3,8-9,11,15H,4-7H2,1H3. The first kappa shape index (κ1) is 13.8. The minimum atomic E-state index is -3.37. The van der Waals surface area contributed by atoms with E-state index in [1.165, 1.54) is 24.2 Å². The molecule has 3 rings (SSSR count). The molecule has 1 aliphatic carbocycles. The highest BCUT2D eigenvalue weighted by Gasteiger charge is 2.27. The normalized spacial score (nSPS) is 15.7. The molecule has 1 aliphatic rings. The molecule has 5 nitrogen and oxygen atoms in total. The second-order valence-electron chi connectivity index (χ2n) is 5.00. The molecule has 20 heavy (non-hydrogen) atoms. The average molecular weight is 311 g/mol. The maximum Gasteiger partial charge on any atom is 0.250 e. The highest BCUT2D eigenvalue weighted by molar-refractivity contribution is 7.91. The van der Waals surface area contributed by atoms with E-state index in [0.717, 1.165) is 11.5 Å². The Morgan fingerprint density at radius 1 is 1.50 bits per heavy atom. The van der Waals surface area contributed by atoms with Crippen LogP contribution in [-0.4, -0.2) is 24.5 Å². The van der Waals surface area contributed by atoms with Crippen LogP contribution < -0.4 is 4.72 Å². The lowest BCUT2D eigenvalue weighted by Crippen LogP contribution is -2.26. The number of hydrogen-bond acceptors (Lipinski definition) is 4. The lowest BCUT2D eigenvalue weighted by Gasteiger charge is -2.09. The van der Waals surface area contributed by atoms with Gasteiger partial charge in [-0.3, -0.25) is 0 Å². The van der Waals surface area contributed by atoms with Crippen molar-refractivity contribution in [3.05, 3.63) is 35.2 Å². The number of rotatable bonds is 6. The van der Waals surface area contributed by atoms with E-state index in [-0.39, 0.29) is 0 Å². The van der Waals surface area contributed by atoms with Gasteiger partial charge in [0.05, 0.1) is 0 Å². The van der Waals surface area contributed by atoms with Crippen LogP contribution in [0.25, 0.3) is 0 Å². The Kier molecular flexibility index (Phi) is 3.66. The van der Waals surface area contributed by atoms with Crippen molar-refractivity contribution in [1.29, 1.82) is 0 Å². The van der Waals surface area contributed by atoms with Gasteiger partial charge in [0.25, 0.3) is 0 Å². The summed E-state index contributed by atoms with van der Waals surface area (Å²) in [6.45, 7) is 2.42. The van der Waals surface area contributed by atoms with E-state index in [2.05, 4.69) is 14.3 Å². The van der Waals surface area contributed by atoms with Crippen molar-refractivity contribution in [3.8, 4) is 0 Å². The van der Waals surface area contributed by atoms with Gasteiger partial charge in [0.2, 0.25) is 10.0 Å². The predicted octanol–water partition coefficient (Wildman–Crippen LogP) is 2.11. The fourth-order valence-electron chi connectivity index (χ4n) is 2.30. The van der Waals surface area contributed by atoms with Crippen LogP contribution in [0, 0.1) is 6.92 Å². The summed E-state index contributed by atoms with van der Waals surface area (Å²) in [7, 11) is -3.37. The van der Waals surface area contributed by atoms with Gasteiger partial charge in [0.15, 0.2) is 0 Å². The second kappa shape index (κ2) is 5.31. The van der Waals surface area contributed by atoms with Gasteiger partial charge in [-0.1, -0.05) is 6.07 Å². The van der Waals surface area contributed by atoms with Gasteiger partial charge >= 0.3 is 0 Å². The predicted molar refractivity (Wildman–Crippen MR) is 78.4 cm³/mol. The third kappa shape index (κ3) is 2.79. The molecule has 0 atom stereocenters. The fraction of sp³-hybridized carbons (Fsp3) is 0.462. The van der Waals surface area contributed by atoms with E-state index in [0.29, 0.717) is 23.2 Å². The van der Waals surface area contributed by atoms with Crippen molar-refractivity contribution >= 4 is 21.4 Å². The molecule has 1 saturated carbocycles. The Labute approximate surface area is 122 Å². The zero-order chi connectivity index (χ0) is 14.2. The monoisotopic (exact) mass is 311 g/mol. The number of aromatic nitrogens is 2. The van der Waals surface area contributed by atoms with Crippen LogP contribution in [0.5, 0.6) is 0 Å². The van der Waals surface area contributed by atoms with Crippen LogP contribution in [-0.2, 0) is 16.4 Å². The van der Waals surface area contributed by atoms with E-state index >= 15 is 0 Å². The molecule has 0 aliphatic heterocycles. The molecule has 0 aromatic carbocycles. The fourth-order valence-corrected chi connectivity index (χ4v) is 4.37. The molecule has 1 N–H and O–H groups in total. The molecular weight excluding hydrogens is 294 g/mol. The summed E-state index contributed by atoms with van der Waals surface area (Å²) in [5.74, 6) is 0.971. The average Bonchev–Trinajstić information content (AvgIpc) is 2.94. The highest BCUT2D eigenvalue weighted by Crippen LogP contribution is 2.36. The summed E-state index contributed by atoms with van der Waals surface area (Å²) in [5.41, 5.74) is 1.16. The van der Waals surface area contributed by atoms with Gasteiger partial charge in [0, 0.05) is 30.9 Å². The van der Waals surface area contributed by atoms with E-state index in [1.807, 2.05) is 13.1 Å². The lowest BCUT2D eigenvalue weighted by atomic mass is 10.4. The van der Waals surface area contributed by atoms with Gasteiger partial charge in [-0.25, -0.2) is 18.1 Å². The molecule has 0 saturated heterocycles. The molecule has 2 aromatic heterocycles. The second-order valence-corrected chi connectivity index (χ2v) is 7.94. The number of aryl methyl sites for hydroxylation is 1. The third-order valence-electron chi connectivity index (χ3n) is 3.37. The largest absolute Gasteiger partial charge is 0.329 e. The summed E-state index contributed by atoms with van der Waals surface area (Å²) in [6.07, 6.45) is 4.88. The molecule has 2 aromatic rings. The molecule has 2 heterocycles. The summed E-state index contributed by atoms with van der Waals surface area (Å²) >= 11 is 1.23. The minimum Gasteiger partial charge on any atom is -0.329 e. The van der Waals surface area contributed by atoms with E-state index in [1.54, 1.807) is 17.5 Å². The minimum absolute atomic E-state index is 0.360. The van der Waals surface area contributed by atoms with Crippen molar-refractivity contribution in [1.82, 2.24) is 14.3 Å². The van der Waals surface area contributed by atoms with Gasteiger partial charge in [-0.05, 0) is 31.2 Å². The van der Waals surface area contributed by atoms with Crippen molar-refractivity contribution in [2.45, 2.75) is 36.4 Å². The number of nitrogens with zero attached hydrogens (tertiary/aromatic N) is 2. The summed E-state index contributed by atoms with van der Waals surface area (Å²) in [6, 6.07) is 3.92. The lowest BCUT2D eigenvalue weighted by molar-refractivity contribution is 0.580. The van der Waals surface area contributed by atoms with Gasteiger partial charge < -0.3 is 4.57 Å². The van der Waals surface area contributed by atoms with Crippen LogP contribution in [0.2, 0.25) is 0 Å². The molecule has 0 spiro atoms. The number of nitrogens with one attached hydrogen (secondary N) is 1. The maximum atomic E-state index is 12.0. The van der Waals surface area contributed by atoms with Crippen LogP contribution in [0.15, 0.2) is 27.9 Å². The van der Waals surface area contributed by atoms with Crippen LogP contribution >= 0.6 is 11.3 Å². The van der Waals surface area contributed by atoms with Gasteiger partial charge in [-0.15, -0.1) is 11.3 Å². The van der Waals surface area contributed by atoms with Gasteiger partial charge in [-0.2, -0.15) is 0 Å². The molecule has 1 fully saturated rings. The first-order valence-corrected chi connectivity index (χ1v) is 9.00. The molecule has 0 radical (unpaired) electrons. The summed E-state index contributed by atoms with van der Waals surface area (Å²) < 4.78 is 29.2. The third-order valence-corrected chi connectivity index (χ3v) is 6.23. The SMILES string of the molecule is Cc1cnc(CCNS(=O)(=O)c2cccs2)n1C1CC1. The van der Waals surface area contributed by atoms with Crippen molar-refractivity contribution < 1.29 is 8.42 Å². The van der Waals surface area contributed by atoms with Gasteiger partial charge in [0.1, 0.15) is 10.0 Å². The van der Waals surface area contributed by atoms with E-state index in [9.17, 15) is 8.42 Å². The quantitative estimate of drug-likeness (QED) is 0.888. The first-order valence-electron chi connectivity index (χ1n) is 6.64. The van der Waals surface area contributed by atoms with Crippen LogP contribution in [0.1, 0.15) is 30.4 Å². The summed E-state index contributed by atoms with van der Waals surface area (Å²) in [4.78, 5) is 4.39. The summed E-state index contributed by atoms with van der Waals surface area (Å²) in [5, 5.41) is 1.76. The molecule has 108 valence electrons. The molecule has 0 bridgehead atoms. The Morgan fingerprint density at radius 3 is 2.95 bits per heavy atom. The van der Waals surface area contributed by atoms with E-state index in [4.69, 9.17) is 0 Å². The number of sulfonamides is 1. The number of hydrogen-bond donors (Lipinski definition) is 1. The van der Waals surface area contributed by atoms with Crippen LogP contribution in [0.4, 0.5) is 0 Å². The van der Waals surface area contributed by atoms with Crippen molar-refractivity contribution in [2.75, 3.05) is 6.54 Å². The number of thiophene rings is 1. The molecule has 0 amide bonds. The molecular formula is C13H17N3O2S2. The number of imidazole rings is 1. The Bertz CT molecular complexity index is 685. The van der Waals surface area contributed by atoms with Crippen LogP contribution in [0.3, 0.4) is 0 Å². The Balaban J connectivity index is 1.63. The van der Waals surface area contributed by atoms with Crippen molar-refractivity contribution in [3.63, 3.8) is 0 Å². The topological polar surface area (TPSA) is 64.0 Å². The zero-order valence-electron chi connectivity index (χ0n) is 11.2. The van der Waals surface area contributed by atoms with Crippen molar-refractivity contribution in [2.24, 2.45) is 0 Å². The maximum absolute atomic E-state index is 12.0.